The SMILES string of the molecule is CCOC(=O)C1=C(C)NC2=C(C(=O)[C@@H](C(=O)OCC)[C@H](c3ccc(OC)cc3)C2)[C@@H]1c1cccnc1. The number of esters is 2. The lowest BCUT2D eigenvalue weighted by molar-refractivity contribution is -0.152. The van der Waals surface area contributed by atoms with Crippen LogP contribution in [0, 0.1) is 5.92 Å². The number of ether oxygens (including phenoxy) is 3. The number of nitrogens with one attached hydrogen (secondary N) is 1. The third-order valence-electron chi connectivity index (χ3n) is 6.62. The number of ketones is 1. The predicted octanol–water partition coefficient (Wildman–Crippen LogP) is 3.80. The van der Waals surface area contributed by atoms with E-state index in [9.17, 15) is 14.4 Å². The monoisotopic (exact) mass is 490 g/mol. The van der Waals surface area contributed by atoms with Crippen LogP contribution in [0.2, 0.25) is 0 Å². The average Bonchev–Trinajstić information content (AvgIpc) is 2.88. The highest BCUT2D eigenvalue weighted by atomic mass is 16.5. The quantitative estimate of drug-likeness (QED) is 0.462. The highest BCUT2D eigenvalue weighted by molar-refractivity contribution is 6.13. The number of nitrogens with zero attached hydrogens (tertiary/aromatic N) is 1. The van der Waals surface area contributed by atoms with Gasteiger partial charge in [0.1, 0.15) is 11.7 Å². The molecule has 3 atom stereocenters. The smallest absolute Gasteiger partial charge is 0.336 e. The van der Waals surface area contributed by atoms with Crippen LogP contribution < -0.4 is 10.1 Å². The lowest BCUT2D eigenvalue weighted by atomic mass is 9.67. The molecule has 4 rings (SSSR count). The summed E-state index contributed by atoms with van der Waals surface area (Å²) < 4.78 is 16.0. The molecule has 0 saturated carbocycles. The molecule has 0 fully saturated rings. The van der Waals surface area contributed by atoms with Crippen LogP contribution in [0.5, 0.6) is 5.75 Å². The van der Waals surface area contributed by atoms with Crippen LogP contribution in [0.15, 0.2) is 71.3 Å². The van der Waals surface area contributed by atoms with Gasteiger partial charge in [-0.3, -0.25) is 14.6 Å². The number of Topliss-reactive ketones (excluding diaryl/α,β-unsaturated/α-hetero) is 1. The van der Waals surface area contributed by atoms with Crippen molar-refractivity contribution in [2.45, 2.75) is 39.0 Å². The van der Waals surface area contributed by atoms with Gasteiger partial charge in [0, 0.05) is 41.2 Å². The molecule has 8 heteroatoms. The number of rotatable bonds is 7. The van der Waals surface area contributed by atoms with E-state index in [1.54, 1.807) is 46.3 Å². The first-order valence-electron chi connectivity index (χ1n) is 12.0. The van der Waals surface area contributed by atoms with Crippen molar-refractivity contribution < 1.29 is 28.6 Å². The van der Waals surface area contributed by atoms with Crippen molar-refractivity contribution in [3.05, 3.63) is 82.5 Å². The number of aromatic nitrogens is 1. The normalized spacial score (nSPS) is 21.4. The van der Waals surface area contributed by atoms with Crippen LogP contribution in [-0.2, 0) is 23.9 Å². The zero-order valence-electron chi connectivity index (χ0n) is 20.9. The summed E-state index contributed by atoms with van der Waals surface area (Å²) in [5.74, 6) is -3.00. The van der Waals surface area contributed by atoms with Gasteiger partial charge in [-0.2, -0.15) is 0 Å². The summed E-state index contributed by atoms with van der Waals surface area (Å²) in [6.45, 7) is 5.59. The number of methoxy groups -OCH3 is 1. The minimum atomic E-state index is -1.06. The van der Waals surface area contributed by atoms with Crippen LogP contribution >= 0.6 is 0 Å². The van der Waals surface area contributed by atoms with Gasteiger partial charge in [-0.25, -0.2) is 4.79 Å². The molecule has 1 aliphatic carbocycles. The van der Waals surface area contributed by atoms with E-state index < -0.39 is 29.7 Å². The Bertz CT molecular complexity index is 1220. The van der Waals surface area contributed by atoms with E-state index in [0.29, 0.717) is 40.3 Å². The van der Waals surface area contributed by atoms with Crippen LogP contribution in [-0.4, -0.2) is 43.0 Å². The molecule has 1 N–H and O–H groups in total. The highest BCUT2D eigenvalue weighted by Gasteiger charge is 2.49. The molecule has 1 aromatic carbocycles. The van der Waals surface area contributed by atoms with Gasteiger partial charge in [0.25, 0.3) is 0 Å². The fourth-order valence-electron chi connectivity index (χ4n) is 5.06. The van der Waals surface area contributed by atoms with Crippen LogP contribution in [0.1, 0.15) is 50.2 Å². The van der Waals surface area contributed by atoms with Gasteiger partial charge in [-0.15, -0.1) is 0 Å². The molecule has 2 heterocycles. The number of allylic oxidation sites excluding steroid dienone is 3. The molecule has 188 valence electrons. The summed E-state index contributed by atoms with van der Waals surface area (Å²) in [6.07, 6.45) is 3.65. The fourth-order valence-corrected chi connectivity index (χ4v) is 5.06. The van der Waals surface area contributed by atoms with Crippen molar-refractivity contribution in [2.24, 2.45) is 5.92 Å². The Kier molecular flexibility index (Phi) is 7.52. The topological polar surface area (TPSA) is 104 Å². The molecule has 0 radical (unpaired) electrons. The Labute approximate surface area is 210 Å². The fraction of sp³-hybridized carbons (Fsp3) is 0.357. The second-order valence-corrected chi connectivity index (χ2v) is 8.67. The maximum atomic E-state index is 14.2. The zero-order valence-corrected chi connectivity index (χ0v) is 20.9. The molecular formula is C28H30N2O6. The van der Waals surface area contributed by atoms with Crippen molar-refractivity contribution in [3.8, 4) is 5.75 Å². The van der Waals surface area contributed by atoms with Gasteiger partial charge >= 0.3 is 11.9 Å². The first-order chi connectivity index (χ1) is 17.4. The Morgan fingerprint density at radius 1 is 1.06 bits per heavy atom. The van der Waals surface area contributed by atoms with E-state index in [0.717, 1.165) is 5.56 Å². The zero-order chi connectivity index (χ0) is 25.8. The van der Waals surface area contributed by atoms with E-state index in [2.05, 4.69) is 10.3 Å². The van der Waals surface area contributed by atoms with Gasteiger partial charge in [0.2, 0.25) is 0 Å². The van der Waals surface area contributed by atoms with E-state index in [1.807, 2.05) is 30.3 Å². The van der Waals surface area contributed by atoms with E-state index in [1.165, 1.54) is 0 Å². The summed E-state index contributed by atoms with van der Waals surface area (Å²) in [5, 5.41) is 3.29. The summed E-state index contributed by atoms with van der Waals surface area (Å²) in [7, 11) is 1.58. The molecule has 0 spiro atoms. The minimum absolute atomic E-state index is 0.154. The number of carbonyl (C=O) groups is 3. The minimum Gasteiger partial charge on any atom is -0.497 e. The standard InChI is InChI=1S/C28H30N2O6/c1-5-35-27(32)22-16(3)30-21-14-20(17-9-11-19(34-4)12-10-17)24(28(33)36-6-2)26(31)25(21)23(22)18-8-7-13-29-15-18/h7-13,15,20,23-24,30H,5-6,14H2,1-4H3/t20-,23+,24-/m0/s1. The van der Waals surface area contributed by atoms with E-state index >= 15 is 0 Å². The van der Waals surface area contributed by atoms with Crippen molar-refractivity contribution in [1.82, 2.24) is 10.3 Å². The first kappa shape index (κ1) is 25.2. The van der Waals surface area contributed by atoms with Crippen LogP contribution in [0.25, 0.3) is 0 Å². The largest absolute Gasteiger partial charge is 0.497 e. The van der Waals surface area contributed by atoms with Crippen LogP contribution in [0.4, 0.5) is 0 Å². The molecule has 0 bridgehead atoms. The van der Waals surface area contributed by atoms with Crippen molar-refractivity contribution in [3.63, 3.8) is 0 Å². The predicted molar refractivity (Wildman–Crippen MR) is 132 cm³/mol. The van der Waals surface area contributed by atoms with Gasteiger partial charge < -0.3 is 19.5 Å². The number of dihydropyridines is 1. The molecule has 1 aliphatic heterocycles. The number of pyridine rings is 1. The molecular weight excluding hydrogens is 460 g/mol. The van der Waals surface area contributed by atoms with E-state index in [-0.39, 0.29) is 19.0 Å². The molecule has 36 heavy (non-hydrogen) atoms. The Balaban J connectivity index is 1.87. The second kappa shape index (κ2) is 10.8. The molecule has 8 nitrogen and oxygen atoms in total. The molecule has 1 aromatic heterocycles. The third-order valence-corrected chi connectivity index (χ3v) is 6.62. The lowest BCUT2D eigenvalue weighted by Gasteiger charge is -2.39. The Morgan fingerprint density at radius 3 is 2.39 bits per heavy atom. The van der Waals surface area contributed by atoms with Crippen molar-refractivity contribution in [1.29, 1.82) is 0 Å². The molecule has 0 unspecified atom stereocenters. The summed E-state index contributed by atoms with van der Waals surface area (Å²) in [5.41, 5.74) is 3.50. The maximum absolute atomic E-state index is 14.2. The Morgan fingerprint density at radius 2 is 1.78 bits per heavy atom. The summed E-state index contributed by atoms with van der Waals surface area (Å²) >= 11 is 0. The van der Waals surface area contributed by atoms with Crippen molar-refractivity contribution in [2.75, 3.05) is 20.3 Å². The molecule has 2 aromatic rings. The van der Waals surface area contributed by atoms with Gasteiger partial charge in [0.15, 0.2) is 5.78 Å². The summed E-state index contributed by atoms with van der Waals surface area (Å²) in [4.78, 5) is 44.6. The number of carbonyl (C=O) groups excluding carboxylic acids is 3. The highest BCUT2D eigenvalue weighted by Crippen LogP contribution is 2.48. The maximum Gasteiger partial charge on any atom is 0.336 e. The van der Waals surface area contributed by atoms with Gasteiger partial charge in [0.05, 0.1) is 25.9 Å². The van der Waals surface area contributed by atoms with E-state index in [4.69, 9.17) is 14.2 Å². The number of hydrogen-bond donors (Lipinski definition) is 1. The van der Waals surface area contributed by atoms with Gasteiger partial charge in [-0.1, -0.05) is 18.2 Å². The molecule has 0 saturated heterocycles. The first-order valence-corrected chi connectivity index (χ1v) is 12.0. The van der Waals surface area contributed by atoms with Gasteiger partial charge in [-0.05, 0) is 56.5 Å². The average molecular weight is 491 g/mol. The molecule has 0 amide bonds. The third kappa shape index (κ3) is 4.63. The summed E-state index contributed by atoms with van der Waals surface area (Å²) in [6, 6.07) is 10.9. The molecule has 2 aliphatic rings. The van der Waals surface area contributed by atoms with Crippen LogP contribution in [0.3, 0.4) is 0 Å². The van der Waals surface area contributed by atoms with Crippen molar-refractivity contribution >= 4 is 17.7 Å². The number of benzene rings is 1. The number of hydrogen-bond acceptors (Lipinski definition) is 8. The Hall–Kier alpha value is -3.94. The lowest BCUT2D eigenvalue weighted by Crippen LogP contribution is -2.43. The second-order valence-electron chi connectivity index (χ2n) is 8.67.